The third kappa shape index (κ3) is 4.71. The lowest BCUT2D eigenvalue weighted by Gasteiger charge is -2.13. The number of hydrogen-bond donors (Lipinski definition) is 1. The Kier molecular flexibility index (Phi) is 5.73. The minimum absolute atomic E-state index is 0.321. The Morgan fingerprint density at radius 2 is 1.59 bits per heavy atom. The van der Waals surface area contributed by atoms with Crippen molar-refractivity contribution >= 4 is 5.97 Å². The van der Waals surface area contributed by atoms with Gasteiger partial charge in [-0.2, -0.15) is 0 Å². The zero-order valence-electron chi connectivity index (χ0n) is 13.2. The van der Waals surface area contributed by atoms with E-state index in [9.17, 15) is 4.79 Å². The number of carbonyl (C=O) groups is 1. The van der Waals surface area contributed by atoms with Crippen LogP contribution < -0.4 is 5.73 Å². The predicted octanol–water partition coefficient (Wildman–Crippen LogP) is 3.42. The first-order chi connectivity index (χ1) is 10.6. The minimum Gasteiger partial charge on any atom is -0.464 e. The maximum atomic E-state index is 11.8. The van der Waals surface area contributed by atoms with Crippen molar-refractivity contribution in [3.05, 3.63) is 60.2 Å². The Hall–Kier alpha value is -2.13. The van der Waals surface area contributed by atoms with Crippen LogP contribution in [0.4, 0.5) is 0 Å². The molecular formula is C19H23NO2. The Morgan fingerprint density at radius 3 is 2.18 bits per heavy atom. The van der Waals surface area contributed by atoms with Gasteiger partial charge < -0.3 is 10.5 Å². The molecule has 0 fully saturated rings. The molecule has 2 N–H and O–H groups in total. The van der Waals surface area contributed by atoms with Crippen LogP contribution in [0.3, 0.4) is 0 Å². The van der Waals surface area contributed by atoms with Gasteiger partial charge in [-0.05, 0) is 29.0 Å². The minimum atomic E-state index is -0.610. The van der Waals surface area contributed by atoms with Crippen molar-refractivity contribution in [1.82, 2.24) is 0 Å². The van der Waals surface area contributed by atoms with Crippen LogP contribution in [0.15, 0.2) is 54.6 Å². The van der Waals surface area contributed by atoms with Gasteiger partial charge in [0.1, 0.15) is 6.04 Å². The third-order valence-corrected chi connectivity index (χ3v) is 3.38. The second-order valence-corrected chi connectivity index (χ2v) is 5.90. The molecule has 3 nitrogen and oxygen atoms in total. The van der Waals surface area contributed by atoms with Gasteiger partial charge in [0.15, 0.2) is 0 Å². The highest BCUT2D eigenvalue weighted by Gasteiger charge is 2.16. The van der Waals surface area contributed by atoms with Crippen molar-refractivity contribution in [2.75, 3.05) is 6.61 Å². The Morgan fingerprint density at radius 1 is 1.00 bits per heavy atom. The summed E-state index contributed by atoms with van der Waals surface area (Å²) in [5, 5.41) is 0. The zero-order chi connectivity index (χ0) is 15.9. The molecule has 0 heterocycles. The summed E-state index contributed by atoms with van der Waals surface area (Å²) in [7, 11) is 0. The van der Waals surface area contributed by atoms with Gasteiger partial charge in [0, 0.05) is 0 Å². The topological polar surface area (TPSA) is 52.3 Å². The number of benzene rings is 2. The van der Waals surface area contributed by atoms with E-state index in [4.69, 9.17) is 10.5 Å². The highest BCUT2D eigenvalue weighted by Crippen LogP contribution is 2.19. The fraction of sp³-hybridized carbons (Fsp3) is 0.316. The monoisotopic (exact) mass is 297 g/mol. The van der Waals surface area contributed by atoms with Gasteiger partial charge in [-0.15, -0.1) is 0 Å². The number of hydrogen-bond acceptors (Lipinski definition) is 3. The van der Waals surface area contributed by atoms with Crippen molar-refractivity contribution in [2.45, 2.75) is 26.3 Å². The molecule has 0 saturated heterocycles. The number of carbonyl (C=O) groups excluding carboxylic acids is 1. The van der Waals surface area contributed by atoms with Crippen LogP contribution in [0.5, 0.6) is 0 Å². The standard InChI is InChI=1S/C19H23NO2/c1-14(2)13-22-19(21)18(20)12-15-8-10-17(11-9-15)16-6-4-3-5-7-16/h3-11,14,18H,12-13,20H2,1-2H3. The molecule has 0 bridgehead atoms. The lowest BCUT2D eigenvalue weighted by atomic mass is 10.0. The summed E-state index contributed by atoms with van der Waals surface area (Å²) in [5.74, 6) is -0.0119. The number of esters is 1. The molecule has 1 atom stereocenters. The van der Waals surface area contributed by atoms with E-state index in [2.05, 4.69) is 24.3 Å². The molecule has 0 aliphatic carbocycles. The van der Waals surface area contributed by atoms with Crippen LogP contribution in [-0.4, -0.2) is 18.6 Å². The first kappa shape index (κ1) is 16.2. The molecule has 116 valence electrons. The van der Waals surface area contributed by atoms with E-state index in [-0.39, 0.29) is 5.97 Å². The number of ether oxygens (including phenoxy) is 1. The predicted molar refractivity (Wildman–Crippen MR) is 89.4 cm³/mol. The van der Waals surface area contributed by atoms with Crippen LogP contribution in [0.1, 0.15) is 19.4 Å². The van der Waals surface area contributed by atoms with E-state index < -0.39 is 6.04 Å². The van der Waals surface area contributed by atoms with Crippen LogP contribution in [-0.2, 0) is 16.0 Å². The lowest BCUT2D eigenvalue weighted by molar-refractivity contribution is -0.146. The summed E-state index contributed by atoms with van der Waals surface area (Å²) < 4.78 is 5.17. The van der Waals surface area contributed by atoms with E-state index in [1.807, 2.05) is 44.2 Å². The summed E-state index contributed by atoms with van der Waals surface area (Å²) in [6.45, 7) is 4.42. The van der Waals surface area contributed by atoms with Crippen LogP contribution in [0.25, 0.3) is 11.1 Å². The lowest BCUT2D eigenvalue weighted by Crippen LogP contribution is -2.35. The summed E-state index contributed by atoms with van der Waals surface area (Å²) in [5.41, 5.74) is 9.27. The van der Waals surface area contributed by atoms with Gasteiger partial charge in [-0.3, -0.25) is 4.79 Å². The molecule has 22 heavy (non-hydrogen) atoms. The van der Waals surface area contributed by atoms with E-state index in [0.29, 0.717) is 18.9 Å². The van der Waals surface area contributed by atoms with E-state index in [1.54, 1.807) is 0 Å². The third-order valence-electron chi connectivity index (χ3n) is 3.38. The highest BCUT2D eigenvalue weighted by molar-refractivity contribution is 5.76. The zero-order valence-corrected chi connectivity index (χ0v) is 13.2. The molecule has 0 aliphatic heterocycles. The molecule has 0 radical (unpaired) electrons. The van der Waals surface area contributed by atoms with Gasteiger partial charge >= 0.3 is 5.97 Å². The molecule has 2 aromatic rings. The molecule has 0 saturated carbocycles. The first-order valence-corrected chi connectivity index (χ1v) is 7.63. The second-order valence-electron chi connectivity index (χ2n) is 5.90. The summed E-state index contributed by atoms with van der Waals surface area (Å²) in [4.78, 5) is 11.8. The van der Waals surface area contributed by atoms with Crippen molar-refractivity contribution in [3.8, 4) is 11.1 Å². The second kappa shape index (κ2) is 7.76. The van der Waals surface area contributed by atoms with Gasteiger partial charge in [-0.25, -0.2) is 0 Å². The smallest absolute Gasteiger partial charge is 0.323 e. The molecule has 0 aromatic heterocycles. The first-order valence-electron chi connectivity index (χ1n) is 7.63. The van der Waals surface area contributed by atoms with Crippen LogP contribution >= 0.6 is 0 Å². The fourth-order valence-corrected chi connectivity index (χ4v) is 2.16. The van der Waals surface area contributed by atoms with Gasteiger partial charge in [0.05, 0.1) is 6.61 Å². The van der Waals surface area contributed by atoms with Crippen molar-refractivity contribution in [1.29, 1.82) is 0 Å². The van der Waals surface area contributed by atoms with Gasteiger partial charge in [0.2, 0.25) is 0 Å². The number of nitrogens with two attached hydrogens (primary N) is 1. The van der Waals surface area contributed by atoms with Crippen molar-refractivity contribution < 1.29 is 9.53 Å². The Bertz CT molecular complexity index is 591. The summed E-state index contributed by atoms with van der Waals surface area (Å²) in [6.07, 6.45) is 0.492. The largest absolute Gasteiger partial charge is 0.464 e. The molecule has 2 rings (SSSR count). The average Bonchev–Trinajstić information content (AvgIpc) is 2.54. The van der Waals surface area contributed by atoms with Crippen LogP contribution in [0, 0.1) is 5.92 Å². The van der Waals surface area contributed by atoms with Gasteiger partial charge in [-0.1, -0.05) is 68.4 Å². The van der Waals surface area contributed by atoms with Crippen molar-refractivity contribution in [3.63, 3.8) is 0 Å². The number of rotatable bonds is 6. The SMILES string of the molecule is CC(C)COC(=O)C(N)Cc1ccc(-c2ccccc2)cc1. The molecule has 0 amide bonds. The average molecular weight is 297 g/mol. The van der Waals surface area contributed by atoms with Gasteiger partial charge in [0.25, 0.3) is 0 Å². The van der Waals surface area contributed by atoms with Crippen LogP contribution in [0.2, 0.25) is 0 Å². The fourth-order valence-electron chi connectivity index (χ4n) is 2.16. The summed E-state index contributed by atoms with van der Waals surface area (Å²) in [6, 6.07) is 17.7. The summed E-state index contributed by atoms with van der Waals surface area (Å²) >= 11 is 0. The molecule has 2 aromatic carbocycles. The van der Waals surface area contributed by atoms with E-state index >= 15 is 0 Å². The van der Waals surface area contributed by atoms with Crippen molar-refractivity contribution in [2.24, 2.45) is 11.7 Å². The maximum Gasteiger partial charge on any atom is 0.323 e. The van der Waals surface area contributed by atoms with E-state index in [1.165, 1.54) is 5.56 Å². The highest BCUT2D eigenvalue weighted by atomic mass is 16.5. The molecule has 1 unspecified atom stereocenters. The Labute approximate surface area is 132 Å². The molecule has 0 spiro atoms. The molecule has 3 heteroatoms. The maximum absolute atomic E-state index is 11.8. The molecule has 0 aliphatic rings. The molecular weight excluding hydrogens is 274 g/mol. The van der Waals surface area contributed by atoms with E-state index in [0.717, 1.165) is 11.1 Å². The Balaban J connectivity index is 1.95. The normalized spacial score (nSPS) is 12.2. The quantitative estimate of drug-likeness (QED) is 0.831.